The van der Waals surface area contributed by atoms with Crippen molar-refractivity contribution in [2.75, 3.05) is 13.7 Å². The molecule has 1 fully saturated rings. The third-order valence-corrected chi connectivity index (χ3v) is 4.36. The lowest BCUT2D eigenvalue weighted by Gasteiger charge is -2.39. The van der Waals surface area contributed by atoms with Gasteiger partial charge in [0, 0.05) is 18.0 Å². The second-order valence-corrected chi connectivity index (χ2v) is 5.87. The third-order valence-electron chi connectivity index (χ3n) is 4.36. The molecule has 4 atom stereocenters. The van der Waals surface area contributed by atoms with Gasteiger partial charge in [-0.1, -0.05) is 18.2 Å². The topological polar surface area (TPSA) is 54.7 Å². The average molecular weight is 328 g/mol. The van der Waals surface area contributed by atoms with Gasteiger partial charge in [0.1, 0.15) is 23.8 Å². The summed E-state index contributed by atoms with van der Waals surface area (Å²) in [5.41, 5.74) is 0.968. The van der Waals surface area contributed by atoms with Crippen LogP contribution in [0.2, 0.25) is 0 Å². The first-order valence-corrected chi connectivity index (χ1v) is 7.99. The number of rotatable bonds is 3. The largest absolute Gasteiger partial charge is 0.497 e. The fraction of sp³-hybridized carbons (Fsp3) is 0.389. The average Bonchev–Trinajstić information content (AvgIpc) is 3.07. The Morgan fingerprint density at radius 1 is 1.17 bits per heavy atom. The van der Waals surface area contributed by atoms with Crippen LogP contribution in [0.5, 0.6) is 5.75 Å². The molecule has 24 heavy (non-hydrogen) atoms. The van der Waals surface area contributed by atoms with E-state index in [0.717, 1.165) is 17.1 Å². The molecule has 2 aliphatic rings. The van der Waals surface area contributed by atoms with Crippen molar-refractivity contribution in [1.82, 2.24) is 9.55 Å². The molecule has 0 radical (unpaired) electrons. The predicted octanol–water partition coefficient (Wildman–Crippen LogP) is 2.77. The molecule has 6 nitrogen and oxygen atoms in total. The number of fused-ring (bicyclic) bond motifs is 1. The number of hydrogen-bond acceptors (Lipinski definition) is 5. The second-order valence-electron chi connectivity index (χ2n) is 5.87. The Morgan fingerprint density at radius 2 is 2.00 bits per heavy atom. The van der Waals surface area contributed by atoms with E-state index in [0.29, 0.717) is 6.61 Å². The van der Waals surface area contributed by atoms with Crippen LogP contribution in [0.15, 0.2) is 48.8 Å². The fourth-order valence-corrected chi connectivity index (χ4v) is 3.01. The highest BCUT2D eigenvalue weighted by Gasteiger charge is 2.36. The number of aryl methyl sites for hydroxylation is 1. The van der Waals surface area contributed by atoms with Gasteiger partial charge in [-0.2, -0.15) is 0 Å². The number of imidazole rings is 1. The van der Waals surface area contributed by atoms with Crippen molar-refractivity contribution in [2.24, 2.45) is 0 Å². The van der Waals surface area contributed by atoms with Crippen molar-refractivity contribution in [3.63, 3.8) is 0 Å². The van der Waals surface area contributed by atoms with Gasteiger partial charge < -0.3 is 23.5 Å². The van der Waals surface area contributed by atoms with E-state index in [9.17, 15) is 0 Å². The SMILES string of the molecule is COc1ccc(C2OCC3OC(n4ccnc4C)C=CC3O2)cc1. The number of hydrogen-bond donors (Lipinski definition) is 0. The minimum absolute atomic E-state index is 0.120. The van der Waals surface area contributed by atoms with E-state index >= 15 is 0 Å². The Labute approximate surface area is 140 Å². The van der Waals surface area contributed by atoms with Gasteiger partial charge in [0.2, 0.25) is 0 Å². The maximum Gasteiger partial charge on any atom is 0.184 e. The summed E-state index contributed by atoms with van der Waals surface area (Å²) in [6.07, 6.45) is 6.93. The number of benzene rings is 1. The molecule has 2 aliphatic heterocycles. The molecule has 0 saturated carbocycles. The number of ether oxygens (including phenoxy) is 4. The summed E-state index contributed by atoms with van der Waals surface area (Å²) in [7, 11) is 1.65. The van der Waals surface area contributed by atoms with E-state index in [1.807, 2.05) is 48.0 Å². The Morgan fingerprint density at radius 3 is 2.71 bits per heavy atom. The first-order chi connectivity index (χ1) is 11.7. The van der Waals surface area contributed by atoms with E-state index < -0.39 is 6.29 Å². The second kappa shape index (κ2) is 6.39. The Balaban J connectivity index is 1.47. The normalized spacial score (nSPS) is 29.2. The van der Waals surface area contributed by atoms with Crippen LogP contribution in [-0.4, -0.2) is 35.5 Å². The molecule has 0 N–H and O–H groups in total. The molecule has 4 rings (SSSR count). The van der Waals surface area contributed by atoms with Crippen LogP contribution < -0.4 is 4.74 Å². The lowest BCUT2D eigenvalue weighted by atomic mass is 10.1. The molecule has 6 heteroatoms. The quantitative estimate of drug-likeness (QED) is 0.811. The van der Waals surface area contributed by atoms with Gasteiger partial charge in [-0.3, -0.25) is 0 Å². The molecule has 0 aliphatic carbocycles. The first-order valence-electron chi connectivity index (χ1n) is 7.99. The van der Waals surface area contributed by atoms with Crippen molar-refractivity contribution >= 4 is 0 Å². The molecule has 0 spiro atoms. The minimum Gasteiger partial charge on any atom is -0.497 e. The highest BCUT2D eigenvalue weighted by molar-refractivity contribution is 5.28. The number of nitrogens with zero attached hydrogens (tertiary/aromatic N) is 2. The summed E-state index contributed by atoms with van der Waals surface area (Å²) in [5, 5.41) is 0. The van der Waals surface area contributed by atoms with E-state index in [1.54, 1.807) is 13.3 Å². The highest BCUT2D eigenvalue weighted by atomic mass is 16.7. The lowest BCUT2D eigenvalue weighted by molar-refractivity contribution is -0.267. The Kier molecular flexibility index (Phi) is 4.10. The van der Waals surface area contributed by atoms with Gasteiger partial charge in [0.25, 0.3) is 0 Å². The number of methoxy groups -OCH3 is 1. The zero-order valence-corrected chi connectivity index (χ0v) is 13.7. The van der Waals surface area contributed by atoms with E-state index in [1.165, 1.54) is 0 Å². The van der Waals surface area contributed by atoms with E-state index in [-0.39, 0.29) is 18.4 Å². The minimum atomic E-state index is -0.392. The van der Waals surface area contributed by atoms with Gasteiger partial charge in [-0.25, -0.2) is 4.98 Å². The van der Waals surface area contributed by atoms with Gasteiger partial charge in [-0.15, -0.1) is 0 Å². The molecule has 0 amide bonds. The summed E-state index contributed by atoms with van der Waals surface area (Å²) < 4.78 is 25.2. The molecule has 1 aromatic heterocycles. The summed E-state index contributed by atoms with van der Waals surface area (Å²) in [5.74, 6) is 1.73. The summed E-state index contributed by atoms with van der Waals surface area (Å²) in [6.45, 7) is 2.44. The van der Waals surface area contributed by atoms with Crippen LogP contribution in [0.1, 0.15) is 23.9 Å². The standard InChI is InChI=1S/C18H20N2O4/c1-12-19-9-10-20(12)17-8-7-15-16(23-17)11-22-18(24-15)13-3-5-14(21-2)6-4-13/h3-10,15-18H,11H2,1-2H3. The Hall–Kier alpha value is -2.15. The van der Waals surface area contributed by atoms with Crippen molar-refractivity contribution < 1.29 is 18.9 Å². The molecule has 126 valence electrons. The van der Waals surface area contributed by atoms with Crippen LogP contribution in [0.3, 0.4) is 0 Å². The molecule has 3 heterocycles. The van der Waals surface area contributed by atoms with Crippen LogP contribution in [0, 0.1) is 6.92 Å². The highest BCUT2D eigenvalue weighted by Crippen LogP contribution is 2.33. The van der Waals surface area contributed by atoms with Crippen molar-refractivity contribution in [1.29, 1.82) is 0 Å². The van der Waals surface area contributed by atoms with Crippen LogP contribution in [0.25, 0.3) is 0 Å². The van der Waals surface area contributed by atoms with Gasteiger partial charge in [-0.05, 0) is 25.1 Å². The molecule has 0 bridgehead atoms. The van der Waals surface area contributed by atoms with Gasteiger partial charge in [0.05, 0.1) is 13.7 Å². The number of aromatic nitrogens is 2. The third kappa shape index (κ3) is 2.84. The lowest BCUT2D eigenvalue weighted by Crippen LogP contribution is -2.44. The zero-order valence-electron chi connectivity index (χ0n) is 13.7. The van der Waals surface area contributed by atoms with Crippen molar-refractivity contribution in [3.05, 3.63) is 60.2 Å². The van der Waals surface area contributed by atoms with Gasteiger partial charge >= 0.3 is 0 Å². The van der Waals surface area contributed by atoms with Gasteiger partial charge in [0.15, 0.2) is 12.5 Å². The summed E-state index contributed by atoms with van der Waals surface area (Å²) in [4.78, 5) is 4.24. The summed E-state index contributed by atoms with van der Waals surface area (Å²) >= 11 is 0. The van der Waals surface area contributed by atoms with Crippen LogP contribution >= 0.6 is 0 Å². The molecule has 2 aromatic rings. The molecular formula is C18H20N2O4. The maximum atomic E-state index is 6.10. The van der Waals surface area contributed by atoms with E-state index in [4.69, 9.17) is 18.9 Å². The molecule has 4 unspecified atom stereocenters. The summed E-state index contributed by atoms with van der Waals surface area (Å²) in [6, 6.07) is 7.71. The zero-order chi connectivity index (χ0) is 16.5. The molecular weight excluding hydrogens is 308 g/mol. The fourth-order valence-electron chi connectivity index (χ4n) is 3.01. The predicted molar refractivity (Wildman–Crippen MR) is 86.6 cm³/mol. The van der Waals surface area contributed by atoms with Crippen LogP contribution in [0.4, 0.5) is 0 Å². The smallest absolute Gasteiger partial charge is 0.184 e. The monoisotopic (exact) mass is 328 g/mol. The van der Waals surface area contributed by atoms with Crippen molar-refractivity contribution in [3.8, 4) is 5.75 Å². The molecule has 1 aromatic carbocycles. The molecule has 1 saturated heterocycles. The maximum absolute atomic E-state index is 6.10. The van der Waals surface area contributed by atoms with E-state index in [2.05, 4.69) is 11.1 Å². The Bertz CT molecular complexity index is 725. The van der Waals surface area contributed by atoms with Crippen molar-refractivity contribution in [2.45, 2.75) is 31.6 Å². The van der Waals surface area contributed by atoms with Crippen LogP contribution in [-0.2, 0) is 14.2 Å². The first kappa shape index (κ1) is 15.4.